The summed E-state index contributed by atoms with van der Waals surface area (Å²) >= 11 is 0. The average Bonchev–Trinajstić information content (AvgIpc) is 3.31. The molecule has 0 unspecified atom stereocenters. The number of hydrogen-bond donors (Lipinski definition) is 2. The number of fused-ring (bicyclic) bond motifs is 1. The third kappa shape index (κ3) is 4.27. The number of nitrogens with zero attached hydrogens (tertiary/aromatic N) is 2. The molecule has 5 rings (SSSR count). The van der Waals surface area contributed by atoms with Gasteiger partial charge in [-0.3, -0.25) is 5.10 Å². The molecule has 1 atom stereocenters. The molecule has 7 nitrogen and oxygen atoms in total. The largest absolute Gasteiger partial charge is 0.497 e. The quantitative estimate of drug-likeness (QED) is 0.412. The number of halogens is 1. The van der Waals surface area contributed by atoms with Crippen LogP contribution in [0.5, 0.6) is 17.4 Å². The highest BCUT2D eigenvalue weighted by Gasteiger charge is 2.35. The fourth-order valence-corrected chi connectivity index (χ4v) is 4.08. The lowest BCUT2D eigenvalue weighted by Gasteiger charge is -2.24. The first-order valence-corrected chi connectivity index (χ1v) is 10.8. The summed E-state index contributed by atoms with van der Waals surface area (Å²) in [4.78, 5) is 0. The van der Waals surface area contributed by atoms with Gasteiger partial charge in [-0.05, 0) is 47.5 Å². The van der Waals surface area contributed by atoms with Crippen molar-refractivity contribution in [1.29, 1.82) is 5.26 Å². The maximum atomic E-state index is 13.1. The Hall–Kier alpha value is -4.77. The Balaban J connectivity index is 1.48. The number of aromatic amines is 1. The van der Waals surface area contributed by atoms with Crippen molar-refractivity contribution in [1.82, 2.24) is 10.2 Å². The molecule has 0 saturated heterocycles. The minimum absolute atomic E-state index is 0.0188. The summed E-state index contributed by atoms with van der Waals surface area (Å²) in [5.41, 5.74) is 10.3. The number of ether oxygens (including phenoxy) is 3. The molecular formula is C27H21FN4O3. The van der Waals surface area contributed by atoms with Gasteiger partial charge >= 0.3 is 0 Å². The Morgan fingerprint density at radius 2 is 1.86 bits per heavy atom. The summed E-state index contributed by atoms with van der Waals surface area (Å²) in [5, 5.41) is 17.3. The van der Waals surface area contributed by atoms with Crippen LogP contribution in [0.3, 0.4) is 0 Å². The number of methoxy groups -OCH3 is 1. The molecule has 0 amide bonds. The van der Waals surface area contributed by atoms with Gasteiger partial charge in [0, 0.05) is 5.56 Å². The summed E-state index contributed by atoms with van der Waals surface area (Å²) in [6.45, 7) is 0.305. The second kappa shape index (κ2) is 9.23. The molecule has 4 aromatic rings. The highest BCUT2D eigenvalue weighted by atomic mass is 19.1. The van der Waals surface area contributed by atoms with E-state index in [2.05, 4.69) is 16.3 Å². The Morgan fingerprint density at radius 3 is 2.57 bits per heavy atom. The summed E-state index contributed by atoms with van der Waals surface area (Å²) in [6, 6.07) is 23.3. The van der Waals surface area contributed by atoms with E-state index in [4.69, 9.17) is 19.9 Å². The highest BCUT2D eigenvalue weighted by molar-refractivity contribution is 5.71. The van der Waals surface area contributed by atoms with E-state index in [0.29, 0.717) is 40.8 Å². The van der Waals surface area contributed by atoms with E-state index >= 15 is 0 Å². The standard InChI is InChI=1S/C27H21FN4O3/c1-33-21-4-2-3-18(13-21)25-24-23(22(14-29)26(30)35-27(24)32-31-25)17-7-11-20(12-8-17)34-15-16-5-9-19(28)10-6-16/h2-13,23H,15,30H2,1H3,(H,31,32)/t23-/m1/s1. The van der Waals surface area contributed by atoms with E-state index in [-0.39, 0.29) is 11.7 Å². The van der Waals surface area contributed by atoms with Gasteiger partial charge in [-0.15, -0.1) is 5.10 Å². The van der Waals surface area contributed by atoms with E-state index in [1.165, 1.54) is 12.1 Å². The van der Waals surface area contributed by atoms with Crippen molar-refractivity contribution in [3.63, 3.8) is 0 Å². The van der Waals surface area contributed by atoms with Gasteiger partial charge in [-0.25, -0.2) is 4.39 Å². The molecular weight excluding hydrogens is 447 g/mol. The van der Waals surface area contributed by atoms with Crippen LogP contribution in [-0.2, 0) is 6.61 Å². The monoisotopic (exact) mass is 468 g/mol. The van der Waals surface area contributed by atoms with E-state index in [9.17, 15) is 9.65 Å². The lowest BCUT2D eigenvalue weighted by molar-refractivity contribution is 0.306. The Bertz CT molecular complexity index is 1440. The summed E-state index contributed by atoms with van der Waals surface area (Å²) in [6.07, 6.45) is 0. The molecule has 1 aliphatic heterocycles. The summed E-state index contributed by atoms with van der Waals surface area (Å²) in [5.74, 6) is 0.890. The molecule has 0 fully saturated rings. The van der Waals surface area contributed by atoms with Gasteiger partial charge in [-0.2, -0.15) is 5.26 Å². The van der Waals surface area contributed by atoms with Crippen LogP contribution in [0.4, 0.5) is 4.39 Å². The van der Waals surface area contributed by atoms with Crippen LogP contribution in [0, 0.1) is 17.1 Å². The highest BCUT2D eigenvalue weighted by Crippen LogP contribution is 2.46. The van der Waals surface area contributed by atoms with Gasteiger partial charge in [0.25, 0.3) is 0 Å². The molecule has 1 aliphatic rings. The van der Waals surface area contributed by atoms with Crippen LogP contribution >= 0.6 is 0 Å². The molecule has 174 valence electrons. The third-order valence-corrected chi connectivity index (χ3v) is 5.83. The van der Waals surface area contributed by atoms with Crippen LogP contribution < -0.4 is 19.9 Å². The van der Waals surface area contributed by atoms with Crippen LogP contribution in [0.15, 0.2) is 84.3 Å². The van der Waals surface area contributed by atoms with Crippen molar-refractivity contribution < 1.29 is 18.6 Å². The van der Waals surface area contributed by atoms with Crippen molar-refractivity contribution in [2.75, 3.05) is 7.11 Å². The number of benzene rings is 3. The van der Waals surface area contributed by atoms with Gasteiger partial charge in [0.2, 0.25) is 11.8 Å². The number of H-pyrrole nitrogens is 1. The second-order valence-corrected chi connectivity index (χ2v) is 7.96. The number of allylic oxidation sites excluding steroid dienone is 1. The predicted octanol–water partition coefficient (Wildman–Crippen LogP) is 5.02. The Labute approximate surface area is 201 Å². The normalized spacial score (nSPS) is 14.6. The van der Waals surface area contributed by atoms with Gasteiger partial charge in [0.15, 0.2) is 0 Å². The van der Waals surface area contributed by atoms with E-state index < -0.39 is 5.92 Å². The molecule has 0 saturated carbocycles. The first kappa shape index (κ1) is 22.0. The molecule has 3 aromatic carbocycles. The minimum Gasteiger partial charge on any atom is -0.497 e. The molecule has 35 heavy (non-hydrogen) atoms. The molecule has 1 aromatic heterocycles. The minimum atomic E-state index is -0.491. The molecule has 0 spiro atoms. The third-order valence-electron chi connectivity index (χ3n) is 5.83. The maximum absolute atomic E-state index is 13.1. The van der Waals surface area contributed by atoms with Gasteiger partial charge in [0.1, 0.15) is 35.6 Å². The zero-order valence-corrected chi connectivity index (χ0v) is 18.8. The fourth-order valence-electron chi connectivity index (χ4n) is 4.08. The van der Waals surface area contributed by atoms with Crippen molar-refractivity contribution >= 4 is 0 Å². The molecule has 0 aliphatic carbocycles. The lowest BCUT2D eigenvalue weighted by Crippen LogP contribution is -2.21. The predicted molar refractivity (Wildman–Crippen MR) is 127 cm³/mol. The van der Waals surface area contributed by atoms with Crippen LogP contribution in [0.25, 0.3) is 11.3 Å². The second-order valence-electron chi connectivity index (χ2n) is 7.96. The van der Waals surface area contributed by atoms with Gasteiger partial charge in [-0.1, -0.05) is 36.4 Å². The maximum Gasteiger partial charge on any atom is 0.244 e. The molecule has 0 bridgehead atoms. The summed E-state index contributed by atoms with van der Waals surface area (Å²) in [7, 11) is 1.60. The number of nitrogens with two attached hydrogens (primary N) is 1. The van der Waals surface area contributed by atoms with Crippen LogP contribution in [-0.4, -0.2) is 17.3 Å². The lowest BCUT2D eigenvalue weighted by atomic mass is 9.83. The smallest absolute Gasteiger partial charge is 0.244 e. The van der Waals surface area contributed by atoms with Crippen molar-refractivity contribution in [2.24, 2.45) is 5.73 Å². The van der Waals surface area contributed by atoms with E-state index in [0.717, 1.165) is 16.7 Å². The SMILES string of the molecule is COc1cccc(-c2[nH]nc3c2[C@H](c2ccc(OCc4ccc(F)cc4)cc2)C(C#N)=C(N)O3)c1. The van der Waals surface area contributed by atoms with Crippen molar-refractivity contribution in [2.45, 2.75) is 12.5 Å². The van der Waals surface area contributed by atoms with Crippen molar-refractivity contribution in [3.05, 3.63) is 107 Å². The van der Waals surface area contributed by atoms with Crippen LogP contribution in [0.2, 0.25) is 0 Å². The van der Waals surface area contributed by atoms with E-state index in [1.54, 1.807) is 19.2 Å². The first-order chi connectivity index (χ1) is 17.1. The Morgan fingerprint density at radius 1 is 1.09 bits per heavy atom. The van der Waals surface area contributed by atoms with Crippen LogP contribution in [0.1, 0.15) is 22.6 Å². The number of hydrogen-bond acceptors (Lipinski definition) is 6. The fraction of sp³-hybridized carbons (Fsp3) is 0.111. The topological polar surface area (TPSA) is 106 Å². The number of nitrogens with one attached hydrogen (secondary N) is 1. The van der Waals surface area contributed by atoms with Gasteiger partial charge < -0.3 is 19.9 Å². The molecule has 3 N–H and O–H groups in total. The molecule has 8 heteroatoms. The summed E-state index contributed by atoms with van der Waals surface area (Å²) < 4.78 is 30.0. The number of rotatable bonds is 6. The molecule has 2 heterocycles. The first-order valence-electron chi connectivity index (χ1n) is 10.8. The number of nitriles is 1. The average molecular weight is 468 g/mol. The zero-order chi connectivity index (χ0) is 24.4. The van der Waals surface area contributed by atoms with Crippen molar-refractivity contribution in [3.8, 4) is 34.7 Å². The van der Waals surface area contributed by atoms with E-state index in [1.807, 2.05) is 48.5 Å². The zero-order valence-electron chi connectivity index (χ0n) is 18.8. The molecule has 0 radical (unpaired) electrons. The Kier molecular flexibility index (Phi) is 5.81. The van der Waals surface area contributed by atoms with Gasteiger partial charge in [0.05, 0.1) is 24.3 Å². The number of aromatic nitrogens is 2.